The lowest BCUT2D eigenvalue weighted by molar-refractivity contribution is -0.146. The summed E-state index contributed by atoms with van der Waals surface area (Å²) in [5, 5.41) is 11.8. The van der Waals surface area contributed by atoms with E-state index in [1.807, 2.05) is 42.5 Å². The molecule has 0 unspecified atom stereocenters. The van der Waals surface area contributed by atoms with Gasteiger partial charge in [-0.2, -0.15) is 0 Å². The summed E-state index contributed by atoms with van der Waals surface area (Å²) in [6.45, 7) is 4.18. The number of thiocarbonyl (C=S) groups is 1. The van der Waals surface area contributed by atoms with Gasteiger partial charge in [-0.3, -0.25) is 30.0 Å². The van der Waals surface area contributed by atoms with Crippen molar-refractivity contribution in [1.82, 2.24) is 10.2 Å². The van der Waals surface area contributed by atoms with Gasteiger partial charge in [0.05, 0.1) is 15.8 Å². The van der Waals surface area contributed by atoms with Crippen molar-refractivity contribution >= 4 is 51.6 Å². The van der Waals surface area contributed by atoms with E-state index in [1.165, 1.54) is 18.8 Å². The number of likely N-dealkylation sites (N-methyl/N-ethyl adjacent to an activating group) is 1. The summed E-state index contributed by atoms with van der Waals surface area (Å²) >= 11 is 6.91. The van der Waals surface area contributed by atoms with Gasteiger partial charge in [0.25, 0.3) is 0 Å². The first kappa shape index (κ1) is 25.9. The van der Waals surface area contributed by atoms with E-state index >= 15 is 0 Å². The average Bonchev–Trinajstić information content (AvgIpc) is 3.12. The predicted molar refractivity (Wildman–Crippen MR) is 137 cm³/mol. The quantitative estimate of drug-likeness (QED) is 0.209. The van der Waals surface area contributed by atoms with Gasteiger partial charge in [-0.05, 0) is 41.7 Å². The topological polar surface area (TPSA) is 98.7 Å². The van der Waals surface area contributed by atoms with Crippen LogP contribution < -0.4 is 10.8 Å². The zero-order chi connectivity index (χ0) is 24.8. The molecule has 0 radical (unpaired) electrons. The maximum absolute atomic E-state index is 13.3. The lowest BCUT2D eigenvalue weighted by Gasteiger charge is -2.25. The zero-order valence-corrected chi connectivity index (χ0v) is 21.0. The first-order valence-electron chi connectivity index (χ1n) is 11.1. The number of thioether (sulfide) groups is 1. The number of anilines is 1. The second-order valence-electron chi connectivity index (χ2n) is 8.63. The van der Waals surface area contributed by atoms with Gasteiger partial charge >= 0.3 is 0 Å². The molecule has 2 aromatic rings. The Balaban J connectivity index is 1.81. The van der Waals surface area contributed by atoms with Crippen molar-refractivity contribution in [3.8, 4) is 0 Å². The van der Waals surface area contributed by atoms with Crippen LogP contribution in [0.4, 0.5) is 5.69 Å². The number of likely N-dealkylation sites (tertiary alicyclic amines) is 1. The van der Waals surface area contributed by atoms with Gasteiger partial charge in [0.2, 0.25) is 17.7 Å². The van der Waals surface area contributed by atoms with Gasteiger partial charge in [-0.15, -0.1) is 0 Å². The van der Waals surface area contributed by atoms with Crippen molar-refractivity contribution in [2.24, 2.45) is 11.8 Å². The fourth-order valence-electron chi connectivity index (χ4n) is 4.00. The predicted octanol–water partition coefficient (Wildman–Crippen LogP) is 3.84. The number of rotatable bonds is 9. The first-order chi connectivity index (χ1) is 16.2. The number of carbonyl (C=O) groups is 3. The Morgan fingerprint density at radius 2 is 1.88 bits per heavy atom. The van der Waals surface area contributed by atoms with Crippen LogP contribution >= 0.6 is 24.0 Å². The first-order valence-corrected chi connectivity index (χ1v) is 12.3. The summed E-state index contributed by atoms with van der Waals surface area (Å²) in [5.41, 5.74) is 4.57. The molecule has 34 heavy (non-hydrogen) atoms. The van der Waals surface area contributed by atoms with Gasteiger partial charge in [0.15, 0.2) is 0 Å². The molecule has 0 aromatic heterocycles. The molecule has 0 spiro atoms. The van der Waals surface area contributed by atoms with Gasteiger partial charge < -0.3 is 5.32 Å². The lowest BCUT2D eigenvalue weighted by atomic mass is 10.0. The molecular weight excluding hydrogens is 470 g/mol. The molecule has 1 aliphatic heterocycles. The van der Waals surface area contributed by atoms with Crippen LogP contribution in [-0.4, -0.2) is 45.1 Å². The van der Waals surface area contributed by atoms with Crippen LogP contribution in [0.2, 0.25) is 0 Å². The van der Waals surface area contributed by atoms with Crippen LogP contribution in [0.25, 0.3) is 0 Å². The molecule has 0 saturated carbocycles. The van der Waals surface area contributed by atoms with E-state index in [2.05, 4.69) is 24.6 Å². The number of hydrogen-bond acceptors (Lipinski definition) is 7. The SMILES string of the molecule is CNC(=O)[C@H](Cc1ccccc1)N1C(=O)C[C@@H](C(=S)Sc2ccc(NO)cc2CC(C)C)C1=O. The van der Waals surface area contributed by atoms with E-state index in [0.29, 0.717) is 15.8 Å². The van der Waals surface area contributed by atoms with E-state index in [0.717, 1.165) is 27.3 Å². The number of nitrogens with zero attached hydrogens (tertiary/aromatic N) is 1. The Morgan fingerprint density at radius 3 is 2.50 bits per heavy atom. The summed E-state index contributed by atoms with van der Waals surface area (Å²) in [4.78, 5) is 40.9. The second kappa shape index (κ2) is 11.6. The molecule has 1 heterocycles. The Hall–Kier alpha value is -2.75. The summed E-state index contributed by atoms with van der Waals surface area (Å²) in [5.74, 6) is -1.64. The smallest absolute Gasteiger partial charge is 0.243 e. The normalized spacial score (nSPS) is 16.6. The van der Waals surface area contributed by atoms with Crippen molar-refractivity contribution in [2.75, 3.05) is 12.5 Å². The van der Waals surface area contributed by atoms with Crippen LogP contribution in [0, 0.1) is 11.8 Å². The number of hydrogen-bond donors (Lipinski definition) is 3. The number of amides is 3. The molecule has 0 aliphatic carbocycles. The average molecular weight is 500 g/mol. The van der Waals surface area contributed by atoms with Crippen LogP contribution in [0.1, 0.15) is 31.4 Å². The molecule has 3 N–H and O–H groups in total. The number of imide groups is 1. The van der Waals surface area contributed by atoms with E-state index < -0.39 is 29.7 Å². The van der Waals surface area contributed by atoms with Crippen molar-refractivity contribution in [3.63, 3.8) is 0 Å². The minimum atomic E-state index is -0.934. The molecule has 2 aromatic carbocycles. The van der Waals surface area contributed by atoms with Crippen LogP contribution in [-0.2, 0) is 27.2 Å². The third-order valence-electron chi connectivity index (χ3n) is 5.63. The molecule has 7 nitrogen and oxygen atoms in total. The Kier molecular flexibility index (Phi) is 8.82. The summed E-state index contributed by atoms with van der Waals surface area (Å²) in [6.07, 6.45) is 0.946. The highest BCUT2D eigenvalue weighted by Gasteiger charge is 2.46. The highest BCUT2D eigenvalue weighted by atomic mass is 32.2. The van der Waals surface area contributed by atoms with Crippen molar-refractivity contribution in [2.45, 2.75) is 44.0 Å². The van der Waals surface area contributed by atoms with E-state index in [9.17, 15) is 19.6 Å². The largest absolute Gasteiger partial charge is 0.357 e. The molecule has 9 heteroatoms. The number of nitrogens with one attached hydrogen (secondary N) is 2. The van der Waals surface area contributed by atoms with Gasteiger partial charge in [0, 0.05) is 24.8 Å². The Bertz CT molecular complexity index is 1080. The van der Waals surface area contributed by atoms with Gasteiger partial charge in [-0.1, -0.05) is 68.2 Å². The molecular formula is C25H29N3O4S2. The third-order valence-corrected chi connectivity index (χ3v) is 7.27. The number of benzene rings is 2. The summed E-state index contributed by atoms with van der Waals surface area (Å²) in [6, 6.07) is 13.8. The minimum absolute atomic E-state index is 0.0528. The highest BCUT2D eigenvalue weighted by molar-refractivity contribution is 8.23. The Labute approximate surface area is 209 Å². The fraction of sp³-hybridized carbons (Fsp3) is 0.360. The second-order valence-corrected chi connectivity index (χ2v) is 10.4. The Morgan fingerprint density at radius 1 is 1.18 bits per heavy atom. The zero-order valence-electron chi connectivity index (χ0n) is 19.4. The van der Waals surface area contributed by atoms with Crippen molar-refractivity contribution in [3.05, 3.63) is 59.7 Å². The molecule has 180 valence electrons. The summed E-state index contributed by atoms with van der Waals surface area (Å²) in [7, 11) is 1.49. The van der Waals surface area contributed by atoms with E-state index in [4.69, 9.17) is 12.2 Å². The lowest BCUT2D eigenvalue weighted by Crippen LogP contribution is -2.50. The third kappa shape index (κ3) is 6.02. The van der Waals surface area contributed by atoms with E-state index in [-0.39, 0.29) is 12.8 Å². The molecule has 1 saturated heterocycles. The van der Waals surface area contributed by atoms with Crippen LogP contribution in [0.5, 0.6) is 0 Å². The van der Waals surface area contributed by atoms with Gasteiger partial charge in [-0.25, -0.2) is 0 Å². The summed E-state index contributed by atoms with van der Waals surface area (Å²) < 4.78 is 0.394. The maximum atomic E-state index is 13.3. The van der Waals surface area contributed by atoms with E-state index in [1.54, 1.807) is 6.07 Å². The van der Waals surface area contributed by atoms with Crippen LogP contribution in [0.15, 0.2) is 53.4 Å². The maximum Gasteiger partial charge on any atom is 0.243 e. The van der Waals surface area contributed by atoms with Crippen molar-refractivity contribution < 1.29 is 19.6 Å². The highest BCUT2D eigenvalue weighted by Crippen LogP contribution is 2.35. The van der Waals surface area contributed by atoms with Crippen molar-refractivity contribution in [1.29, 1.82) is 0 Å². The molecule has 1 fully saturated rings. The molecule has 2 atom stereocenters. The van der Waals surface area contributed by atoms with Gasteiger partial charge in [0.1, 0.15) is 6.04 Å². The van der Waals surface area contributed by atoms with Crippen LogP contribution in [0.3, 0.4) is 0 Å². The molecule has 3 rings (SSSR count). The fourth-order valence-corrected chi connectivity index (χ4v) is 5.40. The number of carbonyl (C=O) groups excluding carboxylic acids is 3. The molecule has 3 amide bonds. The standard InChI is InChI=1S/C25H29N3O4S2/c1-15(2)11-17-13-18(27-32)9-10-21(17)34-25(33)19-14-22(29)28(24(19)31)20(23(30)26-3)12-16-7-5-4-6-8-16/h4-10,13,15,19-20,27,32H,11-12,14H2,1-3H3,(H,26,30)/t19-,20+/m1/s1. The molecule has 1 aliphatic rings. The minimum Gasteiger partial charge on any atom is -0.357 e. The molecule has 0 bridgehead atoms. The monoisotopic (exact) mass is 499 g/mol.